The maximum Gasteiger partial charge on any atom is 0.410 e. The van der Waals surface area contributed by atoms with Gasteiger partial charge in [0.1, 0.15) is 18.3 Å². The van der Waals surface area contributed by atoms with Gasteiger partial charge in [0.05, 0.1) is 0 Å². The van der Waals surface area contributed by atoms with Crippen LogP contribution < -0.4 is 5.73 Å². The number of amides is 1. The first kappa shape index (κ1) is 49.7. The maximum atomic E-state index is 12.6. The SMILES string of the molecule is CC(=O)OC[C@H]1O[C@@H](OC(=N)/C(Cc2ccc(/C=C/CCN3CCCC4(CCN(C(=O)OC(C)(C)C)CC4)C3)cc2C)=C(\N)C(C)C)[C@H](OC(C)=O)[C@@H](OC(C)=O)[C@@H]1OC(C)=O. The minimum atomic E-state index is -1.57. The minimum absolute atomic E-state index is 0.188. The van der Waals surface area contributed by atoms with E-state index in [1.807, 2.05) is 58.6 Å². The highest BCUT2D eigenvalue weighted by Crippen LogP contribution is 2.40. The van der Waals surface area contributed by atoms with Crippen molar-refractivity contribution in [2.24, 2.45) is 17.1 Å². The Bertz CT molecular complexity index is 1840. The Balaban J connectivity index is 1.44. The molecule has 1 aromatic rings. The Morgan fingerprint density at radius 3 is 2.11 bits per heavy atom. The Morgan fingerprint density at radius 1 is 0.903 bits per heavy atom. The lowest BCUT2D eigenvalue weighted by Crippen LogP contribution is -2.63. The van der Waals surface area contributed by atoms with Crippen molar-refractivity contribution in [1.82, 2.24) is 9.80 Å². The van der Waals surface area contributed by atoms with Crippen molar-refractivity contribution in [3.63, 3.8) is 0 Å². The predicted molar refractivity (Wildman–Crippen MR) is 231 cm³/mol. The van der Waals surface area contributed by atoms with Gasteiger partial charge in [-0.05, 0) is 94.4 Å². The lowest BCUT2D eigenvalue weighted by atomic mass is 9.72. The number of nitrogens with one attached hydrogen (secondary N) is 1. The molecule has 3 heterocycles. The number of carbonyl (C=O) groups is 5. The van der Waals surface area contributed by atoms with Crippen molar-refractivity contribution in [2.45, 2.75) is 144 Å². The summed E-state index contributed by atoms with van der Waals surface area (Å²) in [6.07, 6.45) is 2.42. The predicted octanol–water partition coefficient (Wildman–Crippen LogP) is 6.00. The van der Waals surface area contributed by atoms with E-state index in [0.717, 1.165) is 95.9 Å². The molecule has 16 heteroatoms. The first-order valence-electron chi connectivity index (χ1n) is 21.6. The number of aryl methyl sites for hydroxylation is 1. The van der Waals surface area contributed by atoms with E-state index < -0.39 is 66.8 Å². The van der Waals surface area contributed by atoms with E-state index >= 15 is 0 Å². The molecule has 3 saturated heterocycles. The van der Waals surface area contributed by atoms with Gasteiger partial charge < -0.3 is 48.7 Å². The third-order valence-electron chi connectivity index (χ3n) is 11.3. The van der Waals surface area contributed by atoms with Crippen LogP contribution >= 0.6 is 0 Å². The fourth-order valence-corrected chi connectivity index (χ4v) is 8.22. The third-order valence-corrected chi connectivity index (χ3v) is 11.3. The summed E-state index contributed by atoms with van der Waals surface area (Å²) >= 11 is 0. The molecule has 3 fully saturated rings. The van der Waals surface area contributed by atoms with E-state index in [9.17, 15) is 24.0 Å². The molecule has 0 aliphatic carbocycles. The van der Waals surface area contributed by atoms with Crippen LogP contribution in [0.3, 0.4) is 0 Å². The molecule has 0 bridgehead atoms. The summed E-state index contributed by atoms with van der Waals surface area (Å²) in [6.45, 7) is 20.1. The van der Waals surface area contributed by atoms with Crippen molar-refractivity contribution in [1.29, 1.82) is 5.41 Å². The van der Waals surface area contributed by atoms with E-state index in [2.05, 4.69) is 23.1 Å². The Morgan fingerprint density at radius 2 is 1.53 bits per heavy atom. The van der Waals surface area contributed by atoms with Gasteiger partial charge in [-0.2, -0.15) is 0 Å². The Kier molecular flexibility index (Phi) is 17.6. The molecule has 5 atom stereocenters. The molecule has 1 spiro atoms. The number of esters is 4. The molecule has 0 saturated carbocycles. The zero-order valence-electron chi connectivity index (χ0n) is 38.2. The highest BCUT2D eigenvalue weighted by molar-refractivity contribution is 5.92. The molecule has 4 rings (SSSR count). The van der Waals surface area contributed by atoms with Crippen LogP contribution in [0, 0.1) is 23.7 Å². The topological polar surface area (TPSA) is 206 Å². The van der Waals surface area contributed by atoms with Crippen molar-refractivity contribution in [2.75, 3.05) is 39.3 Å². The van der Waals surface area contributed by atoms with Crippen molar-refractivity contribution in [3.8, 4) is 0 Å². The van der Waals surface area contributed by atoms with Crippen LogP contribution in [0.5, 0.6) is 0 Å². The molecule has 0 unspecified atom stereocenters. The average molecular weight is 869 g/mol. The van der Waals surface area contributed by atoms with Crippen molar-refractivity contribution < 1.29 is 57.1 Å². The number of nitrogens with zero attached hydrogens (tertiary/aromatic N) is 2. The molecule has 1 amide bonds. The number of piperidine rings is 2. The average Bonchev–Trinajstić information content (AvgIpc) is 3.16. The number of likely N-dealkylation sites (tertiary alicyclic amines) is 2. The van der Waals surface area contributed by atoms with E-state index in [1.165, 1.54) is 13.3 Å². The number of carbonyl (C=O) groups excluding carboxylic acids is 5. The number of hydrogen-bond acceptors (Lipinski definition) is 15. The standard InChI is InChI=1S/C46H68N4O12/c1-28(2)38(47)36(42(48)61-43-41(59-33(7)54)40(58-32(6)53)39(57-31(5)52)37(60-43)26-56-30(4)51)25-35-16-15-34(24-29(35)3)14-11-12-20-49-21-13-17-46(27-49)18-22-50(23-19-46)44(55)62-45(8,9)10/h11,14-16,24,28,37,39-41,43,48H,12-13,17-23,25-27,47H2,1-10H3/b14-11+,38-36-,48-42?/t37-,39-,40+,41-,43+/m1/s1. The summed E-state index contributed by atoms with van der Waals surface area (Å²) in [5.41, 5.74) is 10.0. The quantitative estimate of drug-likeness (QED) is 0.0953. The molecule has 0 aromatic heterocycles. The molecule has 3 N–H and O–H groups in total. The zero-order chi connectivity index (χ0) is 45.9. The van der Waals surface area contributed by atoms with E-state index in [1.54, 1.807) is 0 Å². The first-order valence-corrected chi connectivity index (χ1v) is 21.6. The summed E-state index contributed by atoms with van der Waals surface area (Å²) in [6, 6.07) is 6.08. The van der Waals surface area contributed by atoms with E-state index in [-0.39, 0.29) is 29.7 Å². The van der Waals surface area contributed by atoms with Crippen molar-refractivity contribution >= 4 is 41.9 Å². The summed E-state index contributed by atoms with van der Waals surface area (Å²) in [4.78, 5) is 65.6. The number of allylic oxidation sites excluding steroid dienone is 1. The molecule has 0 radical (unpaired) electrons. The number of nitrogens with two attached hydrogens (primary N) is 1. The summed E-state index contributed by atoms with van der Waals surface area (Å²) in [5, 5.41) is 9.17. The van der Waals surface area contributed by atoms with Crippen LogP contribution in [0.25, 0.3) is 6.08 Å². The maximum absolute atomic E-state index is 12.6. The molecule has 1 aromatic carbocycles. The van der Waals surface area contributed by atoms with E-state index in [4.69, 9.17) is 44.3 Å². The molecular weight excluding hydrogens is 801 g/mol. The smallest absolute Gasteiger partial charge is 0.410 e. The van der Waals surface area contributed by atoms with Gasteiger partial charge in [0.2, 0.25) is 18.3 Å². The number of hydrogen-bond donors (Lipinski definition) is 2. The van der Waals surface area contributed by atoms with Crippen molar-refractivity contribution in [3.05, 3.63) is 52.2 Å². The minimum Gasteiger partial charge on any atom is -0.463 e. The van der Waals surface area contributed by atoms with Gasteiger partial charge in [0.15, 0.2) is 12.2 Å². The molecule has 16 nitrogen and oxygen atoms in total. The second kappa shape index (κ2) is 21.9. The van der Waals surface area contributed by atoms with Crippen LogP contribution in [-0.2, 0) is 58.8 Å². The molecule has 344 valence electrons. The summed E-state index contributed by atoms with van der Waals surface area (Å²) in [5.74, 6) is -3.55. The van der Waals surface area contributed by atoms with Gasteiger partial charge in [0.25, 0.3) is 0 Å². The fraction of sp³-hybridized carbons (Fsp3) is 0.652. The van der Waals surface area contributed by atoms with E-state index in [0.29, 0.717) is 11.3 Å². The van der Waals surface area contributed by atoms with Crippen LogP contribution in [0.4, 0.5) is 4.79 Å². The zero-order valence-corrected chi connectivity index (χ0v) is 38.2. The molecule has 3 aliphatic rings. The second-order valence-corrected chi connectivity index (χ2v) is 18.0. The highest BCUT2D eigenvalue weighted by atomic mass is 16.7. The number of rotatable bonds is 14. The number of benzene rings is 1. The lowest BCUT2D eigenvalue weighted by molar-refractivity contribution is -0.291. The second-order valence-electron chi connectivity index (χ2n) is 18.0. The highest BCUT2D eigenvalue weighted by Gasteiger charge is 2.54. The summed E-state index contributed by atoms with van der Waals surface area (Å²) < 4.78 is 39.5. The fourth-order valence-electron chi connectivity index (χ4n) is 8.22. The van der Waals surface area contributed by atoms with Gasteiger partial charge in [-0.1, -0.05) is 44.2 Å². The van der Waals surface area contributed by atoms with Gasteiger partial charge >= 0.3 is 30.0 Å². The van der Waals surface area contributed by atoms with Crippen LogP contribution in [-0.4, -0.2) is 121 Å². The summed E-state index contributed by atoms with van der Waals surface area (Å²) in [7, 11) is 0. The number of ether oxygens (including phenoxy) is 7. The van der Waals surface area contributed by atoms with Crippen LogP contribution in [0.15, 0.2) is 35.5 Å². The molecule has 3 aliphatic heterocycles. The first-order chi connectivity index (χ1) is 29.1. The molecule has 62 heavy (non-hydrogen) atoms. The Hall–Kier alpha value is -4.96. The van der Waals surface area contributed by atoms with Gasteiger partial charge in [-0.15, -0.1) is 0 Å². The van der Waals surface area contributed by atoms with Gasteiger partial charge in [-0.25, -0.2) is 4.79 Å². The lowest BCUT2D eigenvalue weighted by Gasteiger charge is -2.47. The van der Waals surface area contributed by atoms with Crippen LogP contribution in [0.2, 0.25) is 0 Å². The molecular formula is C46H68N4O12. The van der Waals surface area contributed by atoms with Gasteiger partial charge in [0, 0.05) is 71.6 Å². The van der Waals surface area contributed by atoms with Gasteiger partial charge in [-0.3, -0.25) is 24.6 Å². The third kappa shape index (κ3) is 14.6. The largest absolute Gasteiger partial charge is 0.463 e. The normalized spacial score (nSPS) is 23.3. The Labute approximate surface area is 366 Å². The van der Waals surface area contributed by atoms with Crippen LogP contribution in [0.1, 0.15) is 111 Å². The monoisotopic (exact) mass is 868 g/mol.